The van der Waals surface area contributed by atoms with Crippen molar-refractivity contribution in [3.63, 3.8) is 0 Å². The van der Waals surface area contributed by atoms with Crippen LogP contribution in [0.25, 0.3) is 17.3 Å². The van der Waals surface area contributed by atoms with E-state index in [1.165, 1.54) is 18.2 Å². The molecule has 0 saturated heterocycles. The Labute approximate surface area is 227 Å². The molecule has 0 aliphatic heterocycles. The number of rotatable bonds is 10. The second-order valence-electron chi connectivity index (χ2n) is 9.28. The van der Waals surface area contributed by atoms with E-state index >= 15 is 0 Å². The zero-order valence-corrected chi connectivity index (χ0v) is 22.7. The highest BCUT2D eigenvalue weighted by atomic mass is 31.2. The number of hydrogen-bond donors (Lipinski definition) is 3. The van der Waals surface area contributed by atoms with Gasteiger partial charge in [-0.05, 0) is 66.4 Å². The van der Waals surface area contributed by atoms with E-state index in [9.17, 15) is 23.5 Å². The van der Waals surface area contributed by atoms with Crippen LogP contribution in [0.15, 0.2) is 91.1 Å². The minimum absolute atomic E-state index is 0.288. The van der Waals surface area contributed by atoms with Crippen LogP contribution in [-0.2, 0) is 21.1 Å². The molecule has 0 unspecified atom stereocenters. The first kappa shape index (κ1) is 28.2. The Morgan fingerprint density at radius 3 is 2.23 bits per heavy atom. The third kappa shape index (κ3) is 6.25. The number of halogens is 1. The molecule has 0 fully saturated rings. The van der Waals surface area contributed by atoms with Crippen LogP contribution in [0.3, 0.4) is 0 Å². The molecule has 4 rings (SSSR count). The summed E-state index contributed by atoms with van der Waals surface area (Å²) in [5.74, 6) is -0.720. The zero-order valence-electron chi connectivity index (χ0n) is 21.8. The number of carbonyl (C=O) groups is 1. The number of benzene rings is 3. The van der Waals surface area contributed by atoms with E-state index in [0.717, 1.165) is 16.8 Å². The van der Waals surface area contributed by atoms with Gasteiger partial charge in [-0.3, -0.25) is 14.0 Å². The molecule has 0 aliphatic carbocycles. The van der Waals surface area contributed by atoms with Gasteiger partial charge in [0.2, 0.25) is 5.91 Å². The van der Waals surface area contributed by atoms with Crippen molar-refractivity contribution in [3.8, 4) is 11.3 Å². The van der Waals surface area contributed by atoms with Gasteiger partial charge in [0.25, 0.3) is 0 Å². The number of aromatic nitrogens is 2. The van der Waals surface area contributed by atoms with Crippen LogP contribution in [0.1, 0.15) is 43.4 Å². The molecule has 39 heavy (non-hydrogen) atoms. The number of carbonyl (C=O) groups excluding carboxylic acids is 1. The molecule has 4 aromatic rings. The summed E-state index contributed by atoms with van der Waals surface area (Å²) in [4.78, 5) is 32.7. The summed E-state index contributed by atoms with van der Waals surface area (Å²) in [5.41, 5.74) is 4.29. The Hall–Kier alpha value is -3.84. The van der Waals surface area contributed by atoms with Crippen LogP contribution >= 0.6 is 7.60 Å². The second-order valence-corrected chi connectivity index (χ2v) is 11.2. The first-order valence-electron chi connectivity index (χ1n) is 12.7. The van der Waals surface area contributed by atoms with Gasteiger partial charge in [-0.25, -0.2) is 4.39 Å². The van der Waals surface area contributed by atoms with Gasteiger partial charge in [0.05, 0.1) is 23.6 Å². The lowest BCUT2D eigenvalue weighted by Crippen LogP contribution is -2.24. The average Bonchev–Trinajstić information content (AvgIpc) is 3.32. The normalized spacial score (nSPS) is 12.1. The third-order valence-electron chi connectivity index (χ3n) is 6.99. The first-order chi connectivity index (χ1) is 18.7. The maximum atomic E-state index is 13.6. The van der Waals surface area contributed by atoms with Gasteiger partial charge in [-0.15, -0.1) is 0 Å². The maximum absolute atomic E-state index is 13.6. The molecule has 1 amide bonds. The number of nitrogens with zero attached hydrogens (tertiary/aromatic N) is 2. The Balaban J connectivity index is 1.55. The standard InChI is InChI=1S/C30H31FN3O4P/c1-3-30(4-2,39(36,37)38)25-13-17-27(18-14-25)33-28(35)19-12-24-20-32-34(21-22-8-6-5-7-9-22)29(24)23-10-15-26(31)16-11-23/h5-20H,3-4,21H2,1-2H3,(H,33,35)(H2,36,37,38)/b19-12+. The largest absolute Gasteiger partial charge is 0.335 e. The van der Waals surface area contributed by atoms with Crippen molar-refractivity contribution in [1.82, 2.24) is 9.78 Å². The summed E-state index contributed by atoms with van der Waals surface area (Å²) in [6, 6.07) is 22.5. The van der Waals surface area contributed by atoms with E-state index in [1.807, 2.05) is 35.0 Å². The highest BCUT2D eigenvalue weighted by Crippen LogP contribution is 2.60. The number of hydrogen-bond acceptors (Lipinski definition) is 3. The third-order valence-corrected chi connectivity index (χ3v) is 9.00. The zero-order chi connectivity index (χ0) is 28.0. The number of amides is 1. The molecule has 0 spiro atoms. The van der Waals surface area contributed by atoms with E-state index in [0.29, 0.717) is 23.4 Å². The van der Waals surface area contributed by atoms with Crippen LogP contribution in [0.2, 0.25) is 0 Å². The Kier molecular flexibility index (Phi) is 8.60. The molecular formula is C30H31FN3O4P. The van der Waals surface area contributed by atoms with Crippen molar-refractivity contribution in [2.45, 2.75) is 38.4 Å². The summed E-state index contributed by atoms with van der Waals surface area (Å²) in [7, 11) is -4.40. The maximum Gasteiger partial charge on any atom is 0.335 e. The van der Waals surface area contributed by atoms with Gasteiger partial charge in [0, 0.05) is 22.9 Å². The minimum Gasteiger partial charge on any atom is -0.324 e. The van der Waals surface area contributed by atoms with Gasteiger partial charge < -0.3 is 15.1 Å². The fourth-order valence-corrected chi connectivity index (χ4v) is 6.08. The van der Waals surface area contributed by atoms with Gasteiger partial charge in [0.15, 0.2) is 0 Å². The van der Waals surface area contributed by atoms with Crippen LogP contribution in [0.4, 0.5) is 10.1 Å². The molecule has 0 saturated carbocycles. The fourth-order valence-electron chi connectivity index (χ4n) is 4.77. The molecule has 0 bridgehead atoms. The number of nitrogens with one attached hydrogen (secondary N) is 1. The van der Waals surface area contributed by atoms with E-state index in [4.69, 9.17) is 0 Å². The Bertz CT molecular complexity index is 1490. The van der Waals surface area contributed by atoms with Crippen molar-refractivity contribution in [3.05, 3.63) is 114 Å². The molecule has 202 valence electrons. The summed E-state index contributed by atoms with van der Waals surface area (Å²) in [5, 5.41) is 6.04. The van der Waals surface area contributed by atoms with Crippen molar-refractivity contribution in [2.24, 2.45) is 0 Å². The molecule has 1 heterocycles. The summed E-state index contributed by atoms with van der Waals surface area (Å²) in [6.45, 7) is 4.02. The van der Waals surface area contributed by atoms with E-state index in [1.54, 1.807) is 62.5 Å². The molecule has 3 aromatic carbocycles. The Morgan fingerprint density at radius 2 is 1.64 bits per heavy atom. The highest BCUT2D eigenvalue weighted by Gasteiger charge is 2.45. The minimum atomic E-state index is -4.40. The molecular weight excluding hydrogens is 516 g/mol. The monoisotopic (exact) mass is 547 g/mol. The van der Waals surface area contributed by atoms with Gasteiger partial charge in [-0.2, -0.15) is 5.10 Å². The van der Waals surface area contributed by atoms with E-state index in [2.05, 4.69) is 10.4 Å². The summed E-state index contributed by atoms with van der Waals surface area (Å²) >= 11 is 0. The molecule has 1 aromatic heterocycles. The van der Waals surface area contributed by atoms with Gasteiger partial charge >= 0.3 is 7.60 Å². The average molecular weight is 548 g/mol. The van der Waals surface area contributed by atoms with Crippen molar-refractivity contribution in [2.75, 3.05) is 5.32 Å². The van der Waals surface area contributed by atoms with Gasteiger partial charge in [-0.1, -0.05) is 56.3 Å². The predicted molar refractivity (Wildman–Crippen MR) is 152 cm³/mol. The van der Waals surface area contributed by atoms with Crippen LogP contribution in [0.5, 0.6) is 0 Å². The Morgan fingerprint density at radius 1 is 1.00 bits per heavy atom. The molecule has 0 atom stereocenters. The molecule has 9 heteroatoms. The lowest BCUT2D eigenvalue weighted by Gasteiger charge is -2.33. The SMILES string of the molecule is CCC(CC)(c1ccc(NC(=O)/C=C/c2cnn(Cc3ccccc3)c2-c2ccc(F)cc2)cc1)P(=O)(O)O. The van der Waals surface area contributed by atoms with E-state index < -0.39 is 12.8 Å². The summed E-state index contributed by atoms with van der Waals surface area (Å²) in [6.07, 6.45) is 5.29. The first-order valence-corrected chi connectivity index (χ1v) is 14.3. The lowest BCUT2D eigenvalue weighted by molar-refractivity contribution is -0.111. The quantitative estimate of drug-likeness (QED) is 0.154. The predicted octanol–water partition coefficient (Wildman–Crippen LogP) is 6.58. The molecule has 0 aliphatic rings. The van der Waals surface area contributed by atoms with Crippen molar-refractivity contribution < 1.29 is 23.5 Å². The smallest absolute Gasteiger partial charge is 0.324 e. The van der Waals surface area contributed by atoms with Crippen LogP contribution in [-0.4, -0.2) is 25.5 Å². The van der Waals surface area contributed by atoms with Crippen molar-refractivity contribution >= 4 is 25.3 Å². The van der Waals surface area contributed by atoms with Crippen molar-refractivity contribution in [1.29, 1.82) is 0 Å². The summed E-state index contributed by atoms with van der Waals surface area (Å²) < 4.78 is 27.7. The lowest BCUT2D eigenvalue weighted by atomic mass is 9.92. The molecule has 3 N–H and O–H groups in total. The second kappa shape index (κ2) is 11.9. The fraction of sp³-hybridized carbons (Fsp3) is 0.200. The topological polar surface area (TPSA) is 104 Å². The van der Waals surface area contributed by atoms with Crippen LogP contribution < -0.4 is 5.32 Å². The van der Waals surface area contributed by atoms with Gasteiger partial charge in [0.1, 0.15) is 5.82 Å². The van der Waals surface area contributed by atoms with E-state index in [-0.39, 0.29) is 24.6 Å². The number of anilines is 1. The van der Waals surface area contributed by atoms with Crippen LogP contribution in [0, 0.1) is 5.82 Å². The molecule has 0 radical (unpaired) electrons. The molecule has 7 nitrogen and oxygen atoms in total. The highest BCUT2D eigenvalue weighted by molar-refractivity contribution is 7.53.